The predicted molar refractivity (Wildman–Crippen MR) is 269 cm³/mol. The Balaban J connectivity index is 8.31. The van der Waals surface area contributed by atoms with Gasteiger partial charge in [-0.25, -0.2) is 0 Å². The zero-order chi connectivity index (χ0) is 60.6. The van der Waals surface area contributed by atoms with Gasteiger partial charge in [-0.15, -0.1) is 6.42 Å². The van der Waals surface area contributed by atoms with Crippen LogP contribution in [0.5, 0.6) is 0 Å². The molecule has 1 atom stereocenters. The number of amides is 5. The number of carboxylic acids is 9. The van der Waals surface area contributed by atoms with Gasteiger partial charge < -0.3 is 77.3 Å². The van der Waals surface area contributed by atoms with Gasteiger partial charge in [0.05, 0.1) is 6.61 Å². The van der Waals surface area contributed by atoms with Crippen molar-refractivity contribution in [2.24, 2.45) is 5.92 Å². The highest BCUT2D eigenvalue weighted by molar-refractivity contribution is 5.89. The average Bonchev–Trinajstić information content (AvgIpc) is 3.35. The number of carbonyl (C=O) groups is 14. The van der Waals surface area contributed by atoms with Gasteiger partial charge in [-0.1, -0.05) is 19.8 Å². The summed E-state index contributed by atoms with van der Waals surface area (Å²) in [5, 5.41) is 99.1. The van der Waals surface area contributed by atoms with Crippen LogP contribution < -0.4 is 26.6 Å². The second-order valence-electron chi connectivity index (χ2n) is 19.7. The molecule has 444 valence electrons. The number of hydrogen-bond acceptors (Lipinski definition) is 15. The zero-order valence-corrected chi connectivity index (χ0v) is 44.3. The summed E-state index contributed by atoms with van der Waals surface area (Å²) in [6.45, 7) is 1.96. The standard InChI is InChI=1S/C50H75N5O24/c1-4-29-79-30-32(51-45(77)31(2)3)46(78)55-50(17-5-33(56)52-47(20-8-36(59)60,21-9-37(61)62)22-10-38(63)64,18-6-34(57)53-48(23-11-39(65)66,24-12-40(67)68)25-13-41(69)70)19-7-35(58)54-49(26-14-42(71)72,27-15-43(73)74)28-16-44(75)76/h1,31-32H,5-30H2,2-3H3,(H,51,77)(H,52,56)(H,53,57)(H,54,58)(H,55,78)(H,59,60)(H,61,62)(H,63,64)(H,65,66)(H,67,68)(H,69,70)(H,71,72)(H,73,74)(H,75,76)/t32-/m0/s1. The maximum atomic E-state index is 14.6. The number of aliphatic carboxylic acids is 9. The van der Waals surface area contributed by atoms with Crippen LogP contribution in [0.1, 0.15) is 168 Å². The highest BCUT2D eigenvalue weighted by atomic mass is 16.5. The van der Waals surface area contributed by atoms with Crippen molar-refractivity contribution in [1.29, 1.82) is 0 Å². The van der Waals surface area contributed by atoms with Crippen molar-refractivity contribution in [3.63, 3.8) is 0 Å². The van der Waals surface area contributed by atoms with Crippen LogP contribution in [0.25, 0.3) is 0 Å². The summed E-state index contributed by atoms with van der Waals surface area (Å²) < 4.78 is 5.40. The first-order valence-corrected chi connectivity index (χ1v) is 25.3. The summed E-state index contributed by atoms with van der Waals surface area (Å²) in [7, 11) is 0. The van der Waals surface area contributed by atoms with Crippen molar-refractivity contribution in [1.82, 2.24) is 26.6 Å². The maximum Gasteiger partial charge on any atom is 0.303 e. The third kappa shape index (κ3) is 31.8. The molecule has 0 bridgehead atoms. The van der Waals surface area contributed by atoms with Crippen LogP contribution in [0.15, 0.2) is 0 Å². The summed E-state index contributed by atoms with van der Waals surface area (Å²) in [5.74, 6) is -16.0. The van der Waals surface area contributed by atoms with E-state index in [0.717, 1.165) is 0 Å². The lowest BCUT2D eigenvalue weighted by atomic mass is 9.80. The van der Waals surface area contributed by atoms with Gasteiger partial charge in [0.15, 0.2) is 0 Å². The molecule has 0 spiro atoms. The Hall–Kier alpha value is -7.90. The average molecular weight is 1130 g/mol. The van der Waals surface area contributed by atoms with E-state index in [2.05, 4.69) is 32.5 Å². The topological polar surface area (TPSA) is 490 Å². The predicted octanol–water partition coefficient (Wildman–Crippen LogP) is 1.32. The molecule has 0 radical (unpaired) electrons. The quantitative estimate of drug-likeness (QED) is 0.0302. The first-order chi connectivity index (χ1) is 36.7. The van der Waals surface area contributed by atoms with E-state index < -0.39 is 278 Å². The minimum absolute atomic E-state index is 0.388. The van der Waals surface area contributed by atoms with Gasteiger partial charge in [-0.3, -0.25) is 67.1 Å². The molecule has 5 amide bonds. The fourth-order valence-corrected chi connectivity index (χ4v) is 8.60. The minimum atomic E-state index is -2.07. The number of nitrogens with one attached hydrogen (secondary N) is 5. The van der Waals surface area contributed by atoms with Crippen molar-refractivity contribution >= 4 is 83.3 Å². The second-order valence-corrected chi connectivity index (χ2v) is 19.7. The van der Waals surface area contributed by atoms with E-state index >= 15 is 0 Å². The van der Waals surface area contributed by atoms with E-state index in [4.69, 9.17) is 11.2 Å². The van der Waals surface area contributed by atoms with Gasteiger partial charge in [-0.2, -0.15) is 0 Å². The van der Waals surface area contributed by atoms with E-state index in [1.165, 1.54) is 13.8 Å². The van der Waals surface area contributed by atoms with Crippen LogP contribution in [-0.2, 0) is 71.9 Å². The molecule has 0 aromatic carbocycles. The Bertz CT molecular complexity index is 1890. The van der Waals surface area contributed by atoms with Crippen LogP contribution >= 0.6 is 0 Å². The fraction of sp³-hybridized carbons (Fsp3) is 0.680. The molecule has 0 saturated heterocycles. The highest BCUT2D eigenvalue weighted by Crippen LogP contribution is 2.32. The molecule has 0 heterocycles. The van der Waals surface area contributed by atoms with Crippen LogP contribution in [0, 0.1) is 18.3 Å². The van der Waals surface area contributed by atoms with E-state index in [-0.39, 0.29) is 6.61 Å². The lowest BCUT2D eigenvalue weighted by Crippen LogP contribution is -2.59. The molecule has 29 heteroatoms. The van der Waals surface area contributed by atoms with Crippen molar-refractivity contribution in [3.8, 4) is 12.3 Å². The summed E-state index contributed by atoms with van der Waals surface area (Å²) in [6.07, 6.45) is -9.38. The minimum Gasteiger partial charge on any atom is -0.481 e. The van der Waals surface area contributed by atoms with Gasteiger partial charge in [0.1, 0.15) is 12.6 Å². The molecule has 0 aromatic heterocycles. The van der Waals surface area contributed by atoms with E-state index in [9.17, 15) is 113 Å². The smallest absolute Gasteiger partial charge is 0.303 e. The lowest BCUT2D eigenvalue weighted by Gasteiger charge is -2.39. The van der Waals surface area contributed by atoms with Crippen molar-refractivity contribution in [2.45, 2.75) is 196 Å². The molecule has 79 heavy (non-hydrogen) atoms. The van der Waals surface area contributed by atoms with Crippen LogP contribution in [-0.4, -0.2) is 171 Å². The molecule has 0 aliphatic heterocycles. The Morgan fingerprint density at radius 2 is 0.582 bits per heavy atom. The molecular formula is C50H75N5O24. The van der Waals surface area contributed by atoms with Gasteiger partial charge in [0.2, 0.25) is 29.5 Å². The molecule has 0 aromatic rings. The van der Waals surface area contributed by atoms with Gasteiger partial charge >= 0.3 is 53.7 Å². The van der Waals surface area contributed by atoms with Gasteiger partial charge in [0.25, 0.3) is 0 Å². The molecule has 0 aliphatic carbocycles. The maximum absolute atomic E-state index is 14.6. The molecule has 14 N–H and O–H groups in total. The third-order valence-electron chi connectivity index (χ3n) is 13.1. The molecule has 0 fully saturated rings. The largest absolute Gasteiger partial charge is 0.481 e. The molecule has 29 nitrogen and oxygen atoms in total. The molecule has 0 unspecified atom stereocenters. The monoisotopic (exact) mass is 1130 g/mol. The molecular weight excluding hydrogens is 1050 g/mol. The fourth-order valence-electron chi connectivity index (χ4n) is 8.60. The Morgan fingerprint density at radius 1 is 0.367 bits per heavy atom. The van der Waals surface area contributed by atoms with E-state index in [0.29, 0.717) is 0 Å². The van der Waals surface area contributed by atoms with Crippen LogP contribution in [0.4, 0.5) is 0 Å². The van der Waals surface area contributed by atoms with Crippen molar-refractivity contribution in [3.05, 3.63) is 0 Å². The zero-order valence-electron chi connectivity index (χ0n) is 44.3. The molecule has 0 saturated carbocycles. The van der Waals surface area contributed by atoms with Crippen LogP contribution in [0.3, 0.4) is 0 Å². The number of ether oxygens (including phenoxy) is 1. The third-order valence-corrected chi connectivity index (χ3v) is 13.1. The number of terminal acetylenes is 1. The molecule has 0 rings (SSSR count). The Morgan fingerprint density at radius 3 is 0.785 bits per heavy atom. The summed E-state index contributed by atoms with van der Waals surface area (Å²) in [4.78, 5) is 177. The van der Waals surface area contributed by atoms with E-state index in [1.807, 2.05) is 0 Å². The SMILES string of the molecule is C#CCOC[C@H](NC(=O)C(C)C)C(=O)NC(CCC(=O)NC(CCC(=O)O)(CCC(=O)O)CCC(=O)O)(CCC(=O)NC(CCC(=O)O)(CCC(=O)O)CCC(=O)O)CCC(=O)NC(CCC(=O)O)(CCC(=O)O)CCC(=O)O. The summed E-state index contributed by atoms with van der Waals surface area (Å²) in [6, 6.07) is -1.62. The Labute approximate surface area is 454 Å². The summed E-state index contributed by atoms with van der Waals surface area (Å²) in [5.41, 5.74) is -7.46. The number of hydrogen-bond donors (Lipinski definition) is 14. The first-order valence-electron chi connectivity index (χ1n) is 25.3. The van der Waals surface area contributed by atoms with Gasteiger partial charge in [0, 0.05) is 105 Å². The normalized spacial score (nSPS) is 12.0. The van der Waals surface area contributed by atoms with E-state index in [1.54, 1.807) is 0 Å². The number of carbonyl (C=O) groups excluding carboxylic acids is 5. The first kappa shape index (κ1) is 71.1. The lowest BCUT2D eigenvalue weighted by molar-refractivity contribution is -0.141. The number of carboxylic acid groups (broad SMARTS) is 9. The van der Waals surface area contributed by atoms with Crippen LogP contribution in [0.2, 0.25) is 0 Å². The number of rotatable bonds is 46. The Kier molecular flexibility index (Phi) is 32.0. The van der Waals surface area contributed by atoms with Crippen molar-refractivity contribution in [2.75, 3.05) is 13.2 Å². The van der Waals surface area contributed by atoms with Gasteiger partial charge in [-0.05, 0) is 77.0 Å². The molecule has 0 aliphatic rings. The second kappa shape index (κ2) is 35.5. The summed E-state index contributed by atoms with van der Waals surface area (Å²) >= 11 is 0. The van der Waals surface area contributed by atoms with Crippen molar-refractivity contribution < 1.29 is 118 Å². The highest BCUT2D eigenvalue weighted by Gasteiger charge is 2.41.